The van der Waals surface area contributed by atoms with E-state index in [4.69, 9.17) is 27.7 Å². The Bertz CT molecular complexity index is 561. The number of nitrogens with zero attached hydrogens (tertiary/aromatic N) is 3. The Balaban J connectivity index is 2.44. The normalized spacial score (nSPS) is 11.5. The molecule has 0 aromatic carbocycles. The van der Waals surface area contributed by atoms with E-state index in [1.807, 2.05) is 0 Å². The van der Waals surface area contributed by atoms with E-state index in [9.17, 15) is 4.79 Å². The highest BCUT2D eigenvalue weighted by molar-refractivity contribution is 6.06. The van der Waals surface area contributed by atoms with Crippen LogP contribution in [0.1, 0.15) is 29.0 Å². The van der Waals surface area contributed by atoms with Gasteiger partial charge in [-0.05, 0) is 26.3 Å². The van der Waals surface area contributed by atoms with Crippen LogP contribution in [0.3, 0.4) is 0 Å². The minimum Gasteiger partial charge on any atom is -0.382 e. The summed E-state index contributed by atoms with van der Waals surface area (Å²) in [6, 6.07) is 0. The van der Waals surface area contributed by atoms with Crippen molar-refractivity contribution in [1.29, 1.82) is 0 Å². The zero-order valence-electron chi connectivity index (χ0n) is 13.2. The second-order valence-electron chi connectivity index (χ2n) is 4.76. The molecule has 0 bridgehead atoms. The molecule has 0 saturated heterocycles. The summed E-state index contributed by atoms with van der Waals surface area (Å²) < 4.78 is 5.32. The van der Waals surface area contributed by atoms with Crippen molar-refractivity contribution in [2.24, 2.45) is 16.5 Å². The molecule has 9 N–H and O–H groups in total. The molecule has 0 spiro atoms. The van der Waals surface area contributed by atoms with E-state index in [1.54, 1.807) is 6.92 Å². The Kier molecular flexibility index (Phi) is 7.71. The van der Waals surface area contributed by atoms with Crippen LogP contribution in [-0.4, -0.2) is 48.1 Å². The molecule has 1 aromatic rings. The fraction of sp³-hybridized carbons (Fsp3) is 0.538. The molecular weight excluding hydrogens is 300 g/mol. The summed E-state index contributed by atoms with van der Waals surface area (Å²) in [5.41, 5.74) is 22.5. The maximum absolute atomic E-state index is 12.0. The zero-order chi connectivity index (χ0) is 17.2. The number of hydrogen-bond donors (Lipinski definition) is 5. The van der Waals surface area contributed by atoms with Gasteiger partial charge in [-0.1, -0.05) is 0 Å². The van der Waals surface area contributed by atoms with Crippen molar-refractivity contribution >= 4 is 23.5 Å². The first-order valence-corrected chi connectivity index (χ1v) is 7.24. The number of carbonyl (C=O) groups excluding carboxylic acids is 1. The van der Waals surface area contributed by atoms with E-state index in [0.717, 1.165) is 6.42 Å². The summed E-state index contributed by atoms with van der Waals surface area (Å²) in [5, 5.41) is 2.40. The Morgan fingerprint density at radius 1 is 1.22 bits per heavy atom. The van der Waals surface area contributed by atoms with Gasteiger partial charge < -0.3 is 27.7 Å². The highest BCUT2D eigenvalue weighted by Crippen LogP contribution is 2.11. The second-order valence-corrected chi connectivity index (χ2v) is 4.76. The van der Waals surface area contributed by atoms with Crippen molar-refractivity contribution in [3.8, 4) is 0 Å². The van der Waals surface area contributed by atoms with Crippen molar-refractivity contribution in [2.75, 3.05) is 37.8 Å². The second kappa shape index (κ2) is 9.54. The molecule has 0 aliphatic rings. The molecule has 1 heterocycles. The molecule has 23 heavy (non-hydrogen) atoms. The maximum atomic E-state index is 12.0. The quantitative estimate of drug-likeness (QED) is 0.223. The van der Waals surface area contributed by atoms with Gasteiger partial charge in [0.2, 0.25) is 0 Å². The molecule has 0 saturated carbocycles. The van der Waals surface area contributed by atoms with Crippen LogP contribution in [-0.2, 0) is 4.74 Å². The van der Waals surface area contributed by atoms with Crippen LogP contribution in [0.15, 0.2) is 4.99 Å². The van der Waals surface area contributed by atoms with Crippen LogP contribution in [0, 0.1) is 6.92 Å². The first kappa shape index (κ1) is 18.6. The molecule has 0 aliphatic carbocycles. The molecule has 1 aromatic heterocycles. The number of hydrogen-bond acceptors (Lipinski definition) is 8. The third kappa shape index (κ3) is 6.45. The minimum absolute atomic E-state index is 0.0207. The molecule has 10 heteroatoms. The number of nitrogen functional groups attached to an aromatic ring is 2. The standard InChI is InChI=1S/C13H24N8O2/c1-8-10(15)20-11(16)9(19-8)12(22)21-13(17)18-5-3-7-23-6-2-4-14/h2-7,14H2,1H3,(H4,15,16,20)(H3,17,18,21,22). The van der Waals surface area contributed by atoms with Crippen LogP contribution < -0.4 is 28.3 Å². The highest BCUT2D eigenvalue weighted by Gasteiger charge is 2.15. The minimum atomic E-state index is -0.585. The molecule has 128 valence electrons. The van der Waals surface area contributed by atoms with E-state index in [0.29, 0.717) is 38.4 Å². The average molecular weight is 324 g/mol. The average Bonchev–Trinajstić information content (AvgIpc) is 2.49. The Hall–Kier alpha value is -2.46. The van der Waals surface area contributed by atoms with Crippen LogP contribution >= 0.6 is 0 Å². The largest absolute Gasteiger partial charge is 0.382 e. The van der Waals surface area contributed by atoms with Crippen LogP contribution in [0.5, 0.6) is 0 Å². The van der Waals surface area contributed by atoms with Crippen molar-refractivity contribution in [3.63, 3.8) is 0 Å². The summed E-state index contributed by atoms with van der Waals surface area (Å²) in [6.45, 7) is 3.84. The molecule has 0 fully saturated rings. The number of carbonyl (C=O) groups is 1. The van der Waals surface area contributed by atoms with Crippen molar-refractivity contribution < 1.29 is 9.53 Å². The lowest BCUT2D eigenvalue weighted by molar-refractivity contribution is 0.0972. The van der Waals surface area contributed by atoms with E-state index >= 15 is 0 Å². The van der Waals surface area contributed by atoms with Gasteiger partial charge in [-0.25, -0.2) is 9.97 Å². The summed E-state index contributed by atoms with van der Waals surface area (Å²) in [6.07, 6.45) is 1.51. The SMILES string of the molecule is Cc1nc(C(=O)NC(N)=NCCCOCCCN)c(N)nc1N. The first-order chi connectivity index (χ1) is 11.0. The number of aryl methyl sites for hydroxylation is 1. The third-order valence-electron chi connectivity index (χ3n) is 2.81. The topological polar surface area (TPSA) is 181 Å². The van der Waals surface area contributed by atoms with Crippen molar-refractivity contribution in [2.45, 2.75) is 19.8 Å². The molecule has 0 radical (unpaired) electrons. The predicted molar refractivity (Wildman–Crippen MR) is 88.7 cm³/mol. The Labute approximate surface area is 134 Å². The van der Waals surface area contributed by atoms with Gasteiger partial charge in [-0.3, -0.25) is 15.1 Å². The van der Waals surface area contributed by atoms with E-state index in [2.05, 4.69) is 20.3 Å². The van der Waals surface area contributed by atoms with E-state index in [1.165, 1.54) is 0 Å². The van der Waals surface area contributed by atoms with Gasteiger partial charge in [-0.15, -0.1) is 0 Å². The summed E-state index contributed by atoms with van der Waals surface area (Å²) in [7, 11) is 0. The van der Waals surface area contributed by atoms with Crippen LogP contribution in [0.2, 0.25) is 0 Å². The molecule has 1 rings (SSSR count). The number of ether oxygens (including phenoxy) is 1. The lowest BCUT2D eigenvalue weighted by atomic mass is 10.3. The molecule has 10 nitrogen and oxygen atoms in total. The molecule has 0 aliphatic heterocycles. The van der Waals surface area contributed by atoms with Crippen molar-refractivity contribution in [1.82, 2.24) is 15.3 Å². The number of amides is 1. The van der Waals surface area contributed by atoms with Crippen molar-refractivity contribution in [3.05, 3.63) is 11.4 Å². The summed E-state index contributed by atoms with van der Waals surface area (Å²) in [4.78, 5) is 23.9. The number of aliphatic imine (C=N–C) groups is 1. The van der Waals surface area contributed by atoms with Gasteiger partial charge in [0.15, 0.2) is 17.5 Å². The maximum Gasteiger partial charge on any atom is 0.280 e. The van der Waals surface area contributed by atoms with Gasteiger partial charge >= 0.3 is 0 Å². The van der Waals surface area contributed by atoms with Gasteiger partial charge in [0.1, 0.15) is 5.82 Å². The Morgan fingerprint density at radius 2 is 1.91 bits per heavy atom. The highest BCUT2D eigenvalue weighted by atomic mass is 16.5. The fourth-order valence-corrected chi connectivity index (χ4v) is 1.58. The van der Waals surface area contributed by atoms with E-state index in [-0.39, 0.29) is 23.3 Å². The van der Waals surface area contributed by atoms with E-state index < -0.39 is 5.91 Å². The number of guanidine groups is 1. The predicted octanol–water partition coefficient (Wildman–Crippen LogP) is -1.25. The number of anilines is 2. The van der Waals surface area contributed by atoms with Crippen LogP contribution in [0.4, 0.5) is 11.6 Å². The molecule has 0 atom stereocenters. The lowest BCUT2D eigenvalue weighted by Gasteiger charge is -2.08. The first-order valence-electron chi connectivity index (χ1n) is 7.24. The van der Waals surface area contributed by atoms with Gasteiger partial charge in [0.05, 0.1) is 5.69 Å². The van der Waals surface area contributed by atoms with Gasteiger partial charge in [0.25, 0.3) is 5.91 Å². The zero-order valence-corrected chi connectivity index (χ0v) is 13.2. The number of aromatic nitrogens is 2. The Morgan fingerprint density at radius 3 is 2.61 bits per heavy atom. The number of nitrogens with one attached hydrogen (secondary N) is 1. The third-order valence-corrected chi connectivity index (χ3v) is 2.81. The summed E-state index contributed by atoms with van der Waals surface area (Å²) in [5.74, 6) is -0.492. The monoisotopic (exact) mass is 324 g/mol. The fourth-order valence-electron chi connectivity index (χ4n) is 1.58. The molecule has 1 amide bonds. The van der Waals surface area contributed by atoms with Crippen LogP contribution in [0.25, 0.3) is 0 Å². The van der Waals surface area contributed by atoms with Gasteiger partial charge in [-0.2, -0.15) is 0 Å². The summed E-state index contributed by atoms with van der Waals surface area (Å²) >= 11 is 0. The number of rotatable bonds is 8. The number of nitrogens with two attached hydrogens (primary N) is 4. The lowest BCUT2D eigenvalue weighted by Crippen LogP contribution is -2.38. The van der Waals surface area contributed by atoms with Gasteiger partial charge in [0, 0.05) is 19.8 Å². The molecular formula is C13H24N8O2. The smallest absolute Gasteiger partial charge is 0.280 e. The molecule has 0 unspecified atom stereocenters.